The van der Waals surface area contributed by atoms with Crippen LogP contribution in [0.4, 0.5) is 18.9 Å². The first-order chi connectivity index (χ1) is 15.0. The lowest BCUT2D eigenvalue weighted by Crippen LogP contribution is -2.63. The lowest BCUT2D eigenvalue weighted by atomic mass is 9.54. The summed E-state index contributed by atoms with van der Waals surface area (Å²) in [6.45, 7) is -0.434. The van der Waals surface area contributed by atoms with Gasteiger partial charge in [0, 0.05) is 23.4 Å². The van der Waals surface area contributed by atoms with Gasteiger partial charge in [0.05, 0.1) is 27.4 Å². The number of aliphatic hydroxyl groups excluding tert-OH is 1. The summed E-state index contributed by atoms with van der Waals surface area (Å²) < 4.78 is 66.4. The summed E-state index contributed by atoms with van der Waals surface area (Å²) in [5, 5.41) is 21.1. The molecule has 0 aromatic heterocycles. The number of hydrogen-bond donors (Lipinski definition) is 3. The zero-order chi connectivity index (χ0) is 23.4. The quantitative estimate of drug-likeness (QED) is 0.559. The highest BCUT2D eigenvalue weighted by Gasteiger charge is 2.59. The molecule has 2 atom stereocenters. The van der Waals surface area contributed by atoms with E-state index in [9.17, 15) is 36.6 Å². The minimum Gasteiger partial charge on any atom is -0.393 e. The Morgan fingerprint density at radius 1 is 1.09 bits per heavy atom. The number of aliphatic hydroxyl groups is 2. The van der Waals surface area contributed by atoms with Gasteiger partial charge in [-0.05, 0) is 49.3 Å². The fourth-order valence-corrected chi connectivity index (χ4v) is 7.04. The average molecular weight is 490 g/mol. The Balaban J connectivity index is 1.58. The van der Waals surface area contributed by atoms with Crippen molar-refractivity contribution in [1.82, 2.24) is 0 Å². The first-order valence-electron chi connectivity index (χ1n) is 9.80. The number of anilines is 1. The minimum absolute atomic E-state index is 0.0999. The van der Waals surface area contributed by atoms with Gasteiger partial charge in [-0.15, -0.1) is 0 Å². The molecule has 11 heteroatoms. The van der Waals surface area contributed by atoms with Gasteiger partial charge in [-0.3, -0.25) is 4.79 Å². The van der Waals surface area contributed by atoms with E-state index < -0.39 is 50.7 Å². The second kappa shape index (κ2) is 8.02. The normalized spacial score (nSPS) is 27.0. The highest BCUT2D eigenvalue weighted by molar-refractivity contribution is 7.92. The Hall–Kier alpha value is -2.14. The Morgan fingerprint density at radius 3 is 2.25 bits per heavy atom. The van der Waals surface area contributed by atoms with E-state index in [1.807, 2.05) is 0 Å². The molecule has 1 amide bonds. The molecule has 0 heterocycles. The predicted octanol–water partition coefficient (Wildman–Crippen LogP) is 3.31. The number of carbonyl (C=O) groups is 1. The van der Waals surface area contributed by atoms with Gasteiger partial charge >= 0.3 is 0 Å². The number of hydrogen-bond acceptors (Lipinski definition) is 5. The molecule has 5 rings (SSSR count). The van der Waals surface area contributed by atoms with E-state index >= 15 is 0 Å². The van der Waals surface area contributed by atoms with Gasteiger partial charge in [-0.25, -0.2) is 21.6 Å². The molecular formula is C21H19ClF3NO5S. The second-order valence-corrected chi connectivity index (χ2v) is 10.9. The summed E-state index contributed by atoms with van der Waals surface area (Å²) in [5.41, 5.74) is -1.75. The van der Waals surface area contributed by atoms with Crippen molar-refractivity contribution >= 4 is 33.0 Å². The first kappa shape index (κ1) is 23.0. The van der Waals surface area contributed by atoms with E-state index in [2.05, 4.69) is 5.32 Å². The van der Waals surface area contributed by atoms with E-state index in [1.165, 1.54) is 12.1 Å². The Kier molecular flexibility index (Phi) is 5.77. The zero-order valence-corrected chi connectivity index (χ0v) is 18.1. The number of fused-ring (bicyclic) bond motifs is 2. The maximum Gasteiger partial charge on any atom is 0.255 e. The van der Waals surface area contributed by atoms with E-state index in [1.54, 1.807) is 0 Å². The summed E-state index contributed by atoms with van der Waals surface area (Å²) in [5.74, 6) is -6.22. The summed E-state index contributed by atoms with van der Waals surface area (Å²) in [6, 6.07) is 4.74. The van der Waals surface area contributed by atoms with Crippen LogP contribution in [0.15, 0.2) is 35.2 Å². The summed E-state index contributed by atoms with van der Waals surface area (Å²) in [4.78, 5) is 12.2. The Bertz CT molecular complexity index is 1170. The predicted molar refractivity (Wildman–Crippen MR) is 110 cm³/mol. The van der Waals surface area contributed by atoms with Gasteiger partial charge < -0.3 is 15.5 Å². The Labute approximate surface area is 186 Å². The molecule has 32 heavy (non-hydrogen) atoms. The maximum absolute atomic E-state index is 13.4. The molecule has 0 radical (unpaired) electrons. The van der Waals surface area contributed by atoms with Crippen LogP contribution in [-0.4, -0.2) is 42.0 Å². The summed E-state index contributed by atoms with van der Waals surface area (Å²) in [7, 11) is -3.98. The lowest BCUT2D eigenvalue weighted by Gasteiger charge is -2.57. The fraction of sp³-hybridized carbons (Fsp3) is 0.381. The van der Waals surface area contributed by atoms with Crippen molar-refractivity contribution in [3.63, 3.8) is 0 Å². The van der Waals surface area contributed by atoms with Gasteiger partial charge in [0.2, 0.25) is 0 Å². The van der Waals surface area contributed by atoms with Crippen molar-refractivity contribution in [2.75, 3.05) is 11.9 Å². The van der Waals surface area contributed by atoms with E-state index in [-0.39, 0.29) is 45.8 Å². The van der Waals surface area contributed by atoms with E-state index in [0.29, 0.717) is 18.6 Å². The van der Waals surface area contributed by atoms with E-state index in [4.69, 9.17) is 11.6 Å². The van der Waals surface area contributed by atoms with Gasteiger partial charge in [0.15, 0.2) is 27.3 Å². The number of amides is 1. The smallest absolute Gasteiger partial charge is 0.255 e. The molecule has 2 aromatic carbocycles. The number of benzene rings is 2. The van der Waals surface area contributed by atoms with Crippen molar-refractivity contribution in [2.45, 2.75) is 35.0 Å². The molecule has 0 saturated heterocycles. The molecule has 3 N–H and O–H groups in total. The van der Waals surface area contributed by atoms with Gasteiger partial charge in [-0.2, -0.15) is 0 Å². The number of carbonyl (C=O) groups excluding carboxylic acids is 1. The van der Waals surface area contributed by atoms with Crippen LogP contribution in [0.2, 0.25) is 5.02 Å². The number of sulfone groups is 1. The molecule has 3 aliphatic carbocycles. The molecule has 3 fully saturated rings. The second-order valence-electron chi connectivity index (χ2n) is 8.27. The van der Waals surface area contributed by atoms with Crippen LogP contribution in [0.25, 0.3) is 0 Å². The number of halogens is 4. The number of rotatable bonds is 5. The third kappa shape index (κ3) is 3.68. The van der Waals surface area contributed by atoms with Crippen molar-refractivity contribution in [1.29, 1.82) is 0 Å². The monoisotopic (exact) mass is 489 g/mol. The van der Waals surface area contributed by atoms with Crippen LogP contribution < -0.4 is 5.32 Å². The van der Waals surface area contributed by atoms with E-state index in [0.717, 1.165) is 6.07 Å². The van der Waals surface area contributed by atoms with Crippen molar-refractivity contribution in [2.24, 2.45) is 11.8 Å². The van der Waals surface area contributed by atoms with Crippen molar-refractivity contribution in [3.8, 4) is 0 Å². The van der Waals surface area contributed by atoms with Crippen LogP contribution in [0.1, 0.15) is 29.6 Å². The molecule has 2 unspecified atom stereocenters. The summed E-state index contributed by atoms with van der Waals surface area (Å²) in [6.07, 6.45) is 0.928. The van der Waals surface area contributed by atoms with Crippen LogP contribution in [0.5, 0.6) is 0 Å². The summed E-state index contributed by atoms with van der Waals surface area (Å²) >= 11 is 6.11. The molecule has 6 nitrogen and oxygen atoms in total. The maximum atomic E-state index is 13.4. The molecule has 172 valence electrons. The Morgan fingerprint density at radius 2 is 1.69 bits per heavy atom. The minimum atomic E-state index is -3.98. The third-order valence-electron chi connectivity index (χ3n) is 6.51. The zero-order valence-electron chi connectivity index (χ0n) is 16.5. The van der Waals surface area contributed by atoms with Crippen molar-refractivity contribution < 1.29 is 36.6 Å². The van der Waals surface area contributed by atoms with Crippen LogP contribution in [0, 0.1) is 29.3 Å². The molecule has 0 spiro atoms. The standard InChI is InChI=1S/C21H19ClF3NO5S/c22-15-2-1-10(20(28)26-13-7-16(23)19(25)17(24)8-13)3-18(15)32(30,31)14-5-11-4-12(6-14)21(11,29)9-27/h1-3,7-8,11-12,14,27,29H,4-6,9H2,(H,26,28)/t11?,12?,14-,21-. The molecule has 3 saturated carbocycles. The molecular weight excluding hydrogens is 471 g/mol. The lowest BCUT2D eigenvalue weighted by molar-refractivity contribution is -0.197. The van der Waals surface area contributed by atoms with Gasteiger partial charge in [0.1, 0.15) is 0 Å². The number of nitrogens with one attached hydrogen (secondary N) is 1. The highest BCUT2D eigenvalue weighted by Crippen LogP contribution is 2.55. The van der Waals surface area contributed by atoms with Crippen molar-refractivity contribution in [3.05, 3.63) is 58.4 Å². The third-order valence-corrected chi connectivity index (χ3v) is 9.17. The fourth-order valence-electron chi connectivity index (χ4n) is 4.64. The van der Waals surface area contributed by atoms with Crippen LogP contribution >= 0.6 is 11.6 Å². The molecule has 2 bridgehead atoms. The first-order valence-corrected chi connectivity index (χ1v) is 11.7. The largest absolute Gasteiger partial charge is 0.393 e. The van der Waals surface area contributed by atoms with Crippen LogP contribution in [-0.2, 0) is 9.84 Å². The molecule has 3 aliphatic rings. The average Bonchev–Trinajstić information content (AvgIpc) is 2.76. The van der Waals surface area contributed by atoms with Gasteiger partial charge in [0.25, 0.3) is 5.91 Å². The van der Waals surface area contributed by atoms with Gasteiger partial charge in [-0.1, -0.05) is 11.6 Å². The van der Waals surface area contributed by atoms with Crippen LogP contribution in [0.3, 0.4) is 0 Å². The highest BCUT2D eigenvalue weighted by atomic mass is 35.5. The molecule has 2 aromatic rings. The molecule has 0 aliphatic heterocycles. The SMILES string of the molecule is O=C(Nc1cc(F)c(F)c(F)c1)c1ccc(Cl)c(S(=O)(=O)[C@H]2CC3CC(C2)[C@]3(O)CO)c1. The topological polar surface area (TPSA) is 104 Å².